The van der Waals surface area contributed by atoms with Crippen LogP contribution in [0, 0.1) is 0 Å². The van der Waals surface area contributed by atoms with E-state index in [2.05, 4.69) is 20.2 Å². The molecule has 0 unspecified atom stereocenters. The lowest BCUT2D eigenvalue weighted by atomic mass is 10.1. The molecule has 2 aromatic rings. The average molecular weight is 370 g/mol. The molecular weight excluding hydrogens is 344 g/mol. The largest absolute Gasteiger partial charge is 0.490 e. The van der Waals surface area contributed by atoms with Crippen molar-refractivity contribution in [3.63, 3.8) is 0 Å². The maximum absolute atomic E-state index is 11.8. The number of para-hydroxylation sites is 2. The van der Waals surface area contributed by atoms with E-state index in [0.717, 1.165) is 30.9 Å². The van der Waals surface area contributed by atoms with E-state index in [9.17, 15) is 4.79 Å². The van der Waals surface area contributed by atoms with E-state index in [1.54, 1.807) is 12.4 Å². The fourth-order valence-corrected chi connectivity index (χ4v) is 3.08. The number of anilines is 1. The van der Waals surface area contributed by atoms with Crippen LogP contribution in [0.1, 0.15) is 37.0 Å². The summed E-state index contributed by atoms with van der Waals surface area (Å²) in [5, 5.41) is 2.75. The van der Waals surface area contributed by atoms with E-state index in [1.165, 1.54) is 0 Å². The fraction of sp³-hybridized carbons (Fsp3) is 0.450. The molecule has 144 valence electrons. The number of aromatic nitrogens is 2. The van der Waals surface area contributed by atoms with Crippen molar-refractivity contribution in [3.05, 3.63) is 42.2 Å². The van der Waals surface area contributed by atoms with Crippen molar-refractivity contribution in [3.8, 4) is 11.5 Å². The molecule has 1 aromatic heterocycles. The molecule has 1 atom stereocenters. The topological polar surface area (TPSA) is 76.6 Å². The first-order valence-corrected chi connectivity index (χ1v) is 9.45. The Morgan fingerprint density at radius 3 is 2.67 bits per heavy atom. The van der Waals surface area contributed by atoms with Crippen LogP contribution in [0.25, 0.3) is 0 Å². The Bertz CT molecular complexity index is 751. The van der Waals surface area contributed by atoms with Crippen molar-refractivity contribution in [1.29, 1.82) is 0 Å². The summed E-state index contributed by atoms with van der Waals surface area (Å²) in [4.78, 5) is 22.7. The van der Waals surface area contributed by atoms with Gasteiger partial charge < -0.3 is 19.7 Å². The van der Waals surface area contributed by atoms with Gasteiger partial charge in [-0.3, -0.25) is 4.79 Å². The highest BCUT2D eigenvalue weighted by molar-refractivity contribution is 5.93. The van der Waals surface area contributed by atoms with Crippen molar-refractivity contribution in [2.45, 2.75) is 32.8 Å². The first-order chi connectivity index (χ1) is 13.2. The summed E-state index contributed by atoms with van der Waals surface area (Å²) in [6, 6.07) is 7.74. The molecule has 7 nitrogen and oxygen atoms in total. The molecule has 1 N–H and O–H groups in total. The number of piperidine rings is 1. The second kappa shape index (κ2) is 9.21. The summed E-state index contributed by atoms with van der Waals surface area (Å²) < 4.78 is 11.8. The van der Waals surface area contributed by atoms with Gasteiger partial charge in [0, 0.05) is 25.5 Å². The van der Waals surface area contributed by atoms with Crippen LogP contribution in [0.15, 0.2) is 36.7 Å². The molecule has 1 aliphatic heterocycles. The van der Waals surface area contributed by atoms with Gasteiger partial charge in [-0.25, -0.2) is 9.97 Å². The normalized spacial score (nSPS) is 16.7. The van der Waals surface area contributed by atoms with Crippen LogP contribution in [-0.4, -0.2) is 48.2 Å². The maximum Gasteiger partial charge on any atom is 0.254 e. The second-order valence-corrected chi connectivity index (χ2v) is 6.34. The van der Waals surface area contributed by atoms with Gasteiger partial charge in [-0.2, -0.15) is 0 Å². The zero-order chi connectivity index (χ0) is 19.1. The number of ether oxygens (including phenoxy) is 2. The van der Waals surface area contributed by atoms with Crippen LogP contribution >= 0.6 is 0 Å². The summed E-state index contributed by atoms with van der Waals surface area (Å²) >= 11 is 0. The van der Waals surface area contributed by atoms with E-state index in [1.807, 2.05) is 38.1 Å². The van der Waals surface area contributed by atoms with Crippen LogP contribution in [0.5, 0.6) is 11.5 Å². The van der Waals surface area contributed by atoms with Gasteiger partial charge in [-0.1, -0.05) is 12.1 Å². The molecular formula is C20H26N4O3. The summed E-state index contributed by atoms with van der Waals surface area (Å²) in [6.45, 7) is 6.58. The van der Waals surface area contributed by atoms with E-state index < -0.39 is 0 Å². The van der Waals surface area contributed by atoms with Crippen molar-refractivity contribution < 1.29 is 14.3 Å². The zero-order valence-corrected chi connectivity index (χ0v) is 15.9. The Morgan fingerprint density at radius 1 is 1.22 bits per heavy atom. The van der Waals surface area contributed by atoms with E-state index in [4.69, 9.17) is 9.47 Å². The first kappa shape index (κ1) is 18.9. The van der Waals surface area contributed by atoms with Gasteiger partial charge in [-0.05, 0) is 38.8 Å². The summed E-state index contributed by atoms with van der Waals surface area (Å²) in [7, 11) is 0. The number of amides is 1. The average Bonchev–Trinajstić information content (AvgIpc) is 2.70. The van der Waals surface area contributed by atoms with Gasteiger partial charge in [0.1, 0.15) is 6.10 Å². The van der Waals surface area contributed by atoms with Crippen molar-refractivity contribution in [2.24, 2.45) is 0 Å². The number of hydrogen-bond acceptors (Lipinski definition) is 6. The van der Waals surface area contributed by atoms with Gasteiger partial charge in [0.25, 0.3) is 5.91 Å². The molecule has 1 fully saturated rings. The van der Waals surface area contributed by atoms with Crippen LogP contribution in [0.3, 0.4) is 0 Å². The number of nitrogens with one attached hydrogen (secondary N) is 1. The van der Waals surface area contributed by atoms with Crippen molar-refractivity contribution >= 4 is 11.9 Å². The predicted molar refractivity (Wildman–Crippen MR) is 104 cm³/mol. The molecule has 1 saturated heterocycles. The minimum atomic E-state index is -0.156. The Morgan fingerprint density at radius 2 is 1.96 bits per heavy atom. The standard InChI is InChI=1S/C20H26N4O3/c1-3-21-19(25)15-12-22-20(23-13-15)24-11-7-8-16(14-24)27-18-10-6-5-9-17(18)26-4-2/h5-6,9-10,12-13,16H,3-4,7-8,11,14H2,1-2H3,(H,21,25)/t16-/m1/s1. The Kier molecular flexibility index (Phi) is 6.46. The predicted octanol–water partition coefficient (Wildman–Crippen LogP) is 2.67. The van der Waals surface area contributed by atoms with Gasteiger partial charge in [0.2, 0.25) is 5.95 Å². The molecule has 0 bridgehead atoms. The molecule has 1 aromatic carbocycles. The smallest absolute Gasteiger partial charge is 0.254 e. The van der Waals surface area contributed by atoms with Crippen LogP contribution < -0.4 is 19.7 Å². The van der Waals surface area contributed by atoms with Gasteiger partial charge in [0.05, 0.1) is 18.7 Å². The molecule has 1 aliphatic rings. The second-order valence-electron chi connectivity index (χ2n) is 6.34. The molecule has 1 amide bonds. The Hall–Kier alpha value is -2.83. The molecule has 0 radical (unpaired) electrons. The fourth-order valence-electron chi connectivity index (χ4n) is 3.08. The molecule has 27 heavy (non-hydrogen) atoms. The minimum absolute atomic E-state index is 0.0343. The van der Waals surface area contributed by atoms with E-state index in [-0.39, 0.29) is 12.0 Å². The molecule has 2 heterocycles. The molecule has 0 saturated carbocycles. The third-order valence-corrected chi connectivity index (χ3v) is 4.34. The lowest BCUT2D eigenvalue weighted by Crippen LogP contribution is -2.42. The van der Waals surface area contributed by atoms with Gasteiger partial charge in [-0.15, -0.1) is 0 Å². The lowest BCUT2D eigenvalue weighted by Gasteiger charge is -2.33. The third kappa shape index (κ3) is 4.87. The Labute approximate surface area is 159 Å². The number of hydrogen-bond donors (Lipinski definition) is 1. The molecule has 3 rings (SSSR count). The molecule has 0 spiro atoms. The first-order valence-electron chi connectivity index (χ1n) is 9.45. The third-order valence-electron chi connectivity index (χ3n) is 4.34. The molecule has 7 heteroatoms. The quantitative estimate of drug-likeness (QED) is 0.807. The highest BCUT2D eigenvalue weighted by atomic mass is 16.5. The number of carbonyl (C=O) groups excluding carboxylic acids is 1. The van der Waals surface area contributed by atoms with Crippen LogP contribution in [0.4, 0.5) is 5.95 Å². The maximum atomic E-state index is 11.8. The van der Waals surface area contributed by atoms with Gasteiger partial charge >= 0.3 is 0 Å². The number of rotatable bonds is 7. The number of carbonyl (C=O) groups is 1. The summed E-state index contributed by atoms with van der Waals surface area (Å²) in [5.41, 5.74) is 0.469. The van der Waals surface area contributed by atoms with Crippen molar-refractivity contribution in [1.82, 2.24) is 15.3 Å². The zero-order valence-electron chi connectivity index (χ0n) is 15.9. The van der Waals surface area contributed by atoms with Crippen LogP contribution in [0.2, 0.25) is 0 Å². The van der Waals surface area contributed by atoms with Gasteiger partial charge in [0.15, 0.2) is 11.5 Å². The van der Waals surface area contributed by atoms with Crippen molar-refractivity contribution in [2.75, 3.05) is 31.1 Å². The summed E-state index contributed by atoms with van der Waals surface area (Å²) in [5.74, 6) is 1.99. The highest BCUT2D eigenvalue weighted by Crippen LogP contribution is 2.29. The minimum Gasteiger partial charge on any atom is -0.490 e. The van der Waals surface area contributed by atoms with E-state index in [0.29, 0.717) is 31.2 Å². The molecule has 0 aliphatic carbocycles. The Balaban J connectivity index is 1.65. The summed E-state index contributed by atoms with van der Waals surface area (Å²) in [6.07, 6.45) is 5.13. The number of nitrogens with zero attached hydrogens (tertiary/aromatic N) is 3. The van der Waals surface area contributed by atoms with E-state index >= 15 is 0 Å². The SMILES string of the molecule is CCNC(=O)c1cnc(N2CCC[C@@H](Oc3ccccc3OCC)C2)nc1. The van der Waals surface area contributed by atoms with Crippen LogP contribution in [-0.2, 0) is 0 Å². The number of benzene rings is 1. The monoisotopic (exact) mass is 370 g/mol. The lowest BCUT2D eigenvalue weighted by molar-refractivity contribution is 0.0955. The highest BCUT2D eigenvalue weighted by Gasteiger charge is 2.24.